The molecular weight excluding hydrogens is 317 g/mol. The van der Waals surface area contributed by atoms with Crippen molar-refractivity contribution in [3.8, 4) is 0 Å². The Labute approximate surface area is 138 Å². The van der Waals surface area contributed by atoms with Crippen LogP contribution in [0.4, 0.5) is 29.3 Å². The van der Waals surface area contributed by atoms with E-state index in [0.29, 0.717) is 5.69 Å². The first kappa shape index (κ1) is 17.8. The van der Waals surface area contributed by atoms with Crippen LogP contribution in [0.2, 0.25) is 0 Å². The van der Waals surface area contributed by atoms with Crippen LogP contribution >= 0.6 is 0 Å². The van der Waals surface area contributed by atoms with E-state index in [1.807, 2.05) is 26.0 Å². The van der Waals surface area contributed by atoms with Crippen LogP contribution in [0.5, 0.6) is 0 Å². The molecule has 0 aromatic heterocycles. The lowest BCUT2D eigenvalue weighted by Gasteiger charge is -2.17. The zero-order valence-corrected chi connectivity index (χ0v) is 13.4. The van der Waals surface area contributed by atoms with Crippen LogP contribution in [-0.2, 0) is 6.18 Å². The van der Waals surface area contributed by atoms with Gasteiger partial charge in [0.05, 0.1) is 11.3 Å². The molecule has 0 aliphatic rings. The topological polar surface area (TPSA) is 41.1 Å². The summed E-state index contributed by atoms with van der Waals surface area (Å²) in [6.45, 7) is 4.05. The summed E-state index contributed by atoms with van der Waals surface area (Å²) in [5.41, 5.74) is 0.381. The molecule has 6 heteroatoms. The molecule has 0 aliphatic carbocycles. The second-order valence-corrected chi connectivity index (χ2v) is 5.52. The molecular formula is C18H19F3N2O. The average Bonchev–Trinajstić information content (AvgIpc) is 2.54. The van der Waals surface area contributed by atoms with Crippen LogP contribution in [-0.4, -0.2) is 6.03 Å². The highest BCUT2D eigenvalue weighted by atomic mass is 19.4. The molecule has 2 aromatic carbocycles. The predicted molar refractivity (Wildman–Crippen MR) is 89.2 cm³/mol. The lowest BCUT2D eigenvalue weighted by atomic mass is 9.97. The van der Waals surface area contributed by atoms with Crippen LogP contribution in [0, 0.1) is 0 Å². The van der Waals surface area contributed by atoms with E-state index in [9.17, 15) is 18.0 Å². The molecule has 2 aromatic rings. The fourth-order valence-electron chi connectivity index (χ4n) is 2.38. The van der Waals surface area contributed by atoms with Gasteiger partial charge in [-0.2, -0.15) is 13.2 Å². The monoisotopic (exact) mass is 336 g/mol. The first-order chi connectivity index (χ1) is 11.3. The van der Waals surface area contributed by atoms with E-state index >= 15 is 0 Å². The van der Waals surface area contributed by atoms with Gasteiger partial charge in [0.1, 0.15) is 0 Å². The maximum atomic E-state index is 13.0. The number of hydrogen-bond donors (Lipinski definition) is 2. The number of urea groups is 1. The van der Waals surface area contributed by atoms with Crippen molar-refractivity contribution < 1.29 is 18.0 Å². The van der Waals surface area contributed by atoms with E-state index in [0.717, 1.165) is 18.1 Å². The molecule has 0 aliphatic heterocycles. The maximum absolute atomic E-state index is 13.0. The maximum Gasteiger partial charge on any atom is 0.418 e. The Morgan fingerprint density at radius 3 is 2.17 bits per heavy atom. The Morgan fingerprint density at radius 1 is 1.00 bits per heavy atom. The van der Waals surface area contributed by atoms with Gasteiger partial charge in [-0.1, -0.05) is 44.2 Å². The van der Waals surface area contributed by atoms with Crippen molar-refractivity contribution in [2.24, 2.45) is 0 Å². The van der Waals surface area contributed by atoms with Gasteiger partial charge in [-0.15, -0.1) is 0 Å². The second-order valence-electron chi connectivity index (χ2n) is 5.52. The van der Waals surface area contributed by atoms with Gasteiger partial charge in [0, 0.05) is 5.69 Å². The third-order valence-corrected chi connectivity index (χ3v) is 3.83. The summed E-state index contributed by atoms with van der Waals surface area (Å²) in [6, 6.07) is 11.4. The highest BCUT2D eigenvalue weighted by Crippen LogP contribution is 2.34. The van der Waals surface area contributed by atoms with E-state index in [-0.39, 0.29) is 11.6 Å². The molecule has 0 heterocycles. The van der Waals surface area contributed by atoms with Gasteiger partial charge in [0.15, 0.2) is 0 Å². The third-order valence-electron chi connectivity index (χ3n) is 3.83. The molecule has 24 heavy (non-hydrogen) atoms. The highest BCUT2D eigenvalue weighted by molar-refractivity contribution is 6.00. The Bertz CT molecular complexity index is 713. The van der Waals surface area contributed by atoms with E-state index in [2.05, 4.69) is 10.6 Å². The molecule has 0 radical (unpaired) electrons. The highest BCUT2D eigenvalue weighted by Gasteiger charge is 2.33. The van der Waals surface area contributed by atoms with Gasteiger partial charge in [-0.05, 0) is 36.1 Å². The zero-order chi connectivity index (χ0) is 17.7. The quantitative estimate of drug-likeness (QED) is 0.721. The Kier molecular flexibility index (Phi) is 5.49. The molecule has 128 valence electrons. The smallest absolute Gasteiger partial charge is 0.307 e. The Morgan fingerprint density at radius 2 is 1.54 bits per heavy atom. The molecule has 0 fully saturated rings. The summed E-state index contributed by atoms with van der Waals surface area (Å²) in [6.07, 6.45) is -3.64. The molecule has 1 atom stereocenters. The van der Waals surface area contributed by atoms with E-state index < -0.39 is 17.8 Å². The van der Waals surface area contributed by atoms with Gasteiger partial charge in [0.25, 0.3) is 0 Å². The number of amides is 2. The lowest BCUT2D eigenvalue weighted by molar-refractivity contribution is -0.136. The molecule has 0 saturated heterocycles. The molecule has 2 N–H and O–H groups in total. The van der Waals surface area contributed by atoms with E-state index in [1.54, 1.807) is 12.1 Å². The Hall–Kier alpha value is -2.50. The SMILES string of the molecule is CCC(C)c1ccccc1NC(=O)Nc1ccccc1C(F)(F)F. The predicted octanol–water partition coefficient (Wildman–Crippen LogP) is 5.86. The van der Waals surface area contributed by atoms with Crippen molar-refractivity contribution in [1.29, 1.82) is 0 Å². The number of alkyl halides is 3. The molecule has 2 rings (SSSR count). The van der Waals surface area contributed by atoms with Gasteiger partial charge < -0.3 is 10.6 Å². The van der Waals surface area contributed by atoms with Crippen LogP contribution in [0.1, 0.15) is 37.3 Å². The molecule has 3 nitrogen and oxygen atoms in total. The number of halogens is 3. The number of rotatable bonds is 4. The van der Waals surface area contributed by atoms with Crippen molar-refractivity contribution >= 4 is 17.4 Å². The lowest BCUT2D eigenvalue weighted by Crippen LogP contribution is -2.22. The number of benzene rings is 2. The van der Waals surface area contributed by atoms with Crippen LogP contribution in [0.3, 0.4) is 0 Å². The number of para-hydroxylation sites is 2. The van der Waals surface area contributed by atoms with Gasteiger partial charge in [-0.25, -0.2) is 4.79 Å². The standard InChI is InChI=1S/C18H19F3N2O/c1-3-12(2)13-8-4-6-10-15(13)22-17(24)23-16-11-7-5-9-14(16)18(19,20)21/h4-12H,3H2,1-2H3,(H2,22,23,24). The third kappa shape index (κ3) is 4.28. The van der Waals surface area contributed by atoms with Crippen LogP contribution in [0.15, 0.2) is 48.5 Å². The van der Waals surface area contributed by atoms with Crippen molar-refractivity contribution in [3.63, 3.8) is 0 Å². The summed E-state index contributed by atoms with van der Waals surface area (Å²) in [7, 11) is 0. The van der Waals surface area contributed by atoms with Gasteiger partial charge in [-0.3, -0.25) is 0 Å². The fraction of sp³-hybridized carbons (Fsp3) is 0.278. The number of hydrogen-bond acceptors (Lipinski definition) is 1. The fourth-order valence-corrected chi connectivity index (χ4v) is 2.38. The summed E-state index contributed by atoms with van der Waals surface area (Å²) in [4.78, 5) is 12.1. The van der Waals surface area contributed by atoms with Crippen LogP contribution < -0.4 is 10.6 Å². The number of nitrogens with one attached hydrogen (secondary N) is 2. The Balaban J connectivity index is 2.19. The van der Waals surface area contributed by atoms with Gasteiger partial charge in [0.2, 0.25) is 0 Å². The first-order valence-corrected chi connectivity index (χ1v) is 7.66. The summed E-state index contributed by atoms with van der Waals surface area (Å²) in [5.74, 6) is 0.226. The van der Waals surface area contributed by atoms with E-state index in [4.69, 9.17) is 0 Å². The summed E-state index contributed by atoms with van der Waals surface area (Å²) < 4.78 is 38.9. The molecule has 1 unspecified atom stereocenters. The summed E-state index contributed by atoms with van der Waals surface area (Å²) >= 11 is 0. The molecule has 0 saturated carbocycles. The first-order valence-electron chi connectivity index (χ1n) is 7.66. The van der Waals surface area contributed by atoms with Crippen LogP contribution in [0.25, 0.3) is 0 Å². The number of carbonyl (C=O) groups is 1. The molecule has 2 amide bonds. The van der Waals surface area contributed by atoms with Gasteiger partial charge >= 0.3 is 12.2 Å². The normalized spacial score (nSPS) is 12.5. The number of anilines is 2. The van der Waals surface area contributed by atoms with Crippen molar-refractivity contribution in [2.75, 3.05) is 10.6 Å². The van der Waals surface area contributed by atoms with Crippen molar-refractivity contribution in [2.45, 2.75) is 32.4 Å². The minimum atomic E-state index is -4.53. The second kappa shape index (κ2) is 7.38. The average molecular weight is 336 g/mol. The minimum absolute atomic E-state index is 0.226. The molecule has 0 spiro atoms. The largest absolute Gasteiger partial charge is 0.418 e. The number of carbonyl (C=O) groups excluding carboxylic acids is 1. The van der Waals surface area contributed by atoms with E-state index in [1.165, 1.54) is 18.2 Å². The van der Waals surface area contributed by atoms with Crippen molar-refractivity contribution in [3.05, 3.63) is 59.7 Å². The minimum Gasteiger partial charge on any atom is -0.307 e. The molecule has 0 bridgehead atoms. The zero-order valence-electron chi connectivity index (χ0n) is 13.4. The summed E-state index contributed by atoms with van der Waals surface area (Å²) in [5, 5.41) is 4.92. The van der Waals surface area contributed by atoms with Crippen molar-refractivity contribution in [1.82, 2.24) is 0 Å².